The van der Waals surface area contributed by atoms with Crippen molar-refractivity contribution in [3.63, 3.8) is 0 Å². The molecule has 0 aliphatic rings. The number of esters is 1. The first-order valence-corrected chi connectivity index (χ1v) is 7.46. The van der Waals surface area contributed by atoms with Crippen LogP contribution in [0.1, 0.15) is 16.3 Å². The Bertz CT molecular complexity index is 738. The van der Waals surface area contributed by atoms with Crippen LogP contribution in [0.3, 0.4) is 0 Å². The molecule has 0 saturated heterocycles. The first kappa shape index (κ1) is 17.6. The lowest BCUT2D eigenvalue weighted by molar-refractivity contribution is -0.134. The average molecular weight is 350 g/mol. The van der Waals surface area contributed by atoms with Gasteiger partial charge in [-0.2, -0.15) is 0 Å². The van der Waals surface area contributed by atoms with Crippen molar-refractivity contribution in [1.82, 2.24) is 5.32 Å². The van der Waals surface area contributed by atoms with E-state index in [0.29, 0.717) is 16.5 Å². The Hall–Kier alpha value is -2.73. The minimum Gasteiger partial charge on any atom is -0.486 e. The molecule has 126 valence electrons. The molecule has 0 unspecified atom stereocenters. The van der Waals surface area contributed by atoms with Gasteiger partial charge in [0.1, 0.15) is 18.1 Å². The van der Waals surface area contributed by atoms with Crippen LogP contribution in [0.2, 0.25) is 5.02 Å². The third kappa shape index (κ3) is 5.48. The van der Waals surface area contributed by atoms with Gasteiger partial charge in [-0.1, -0.05) is 23.7 Å². The van der Waals surface area contributed by atoms with Crippen LogP contribution >= 0.6 is 11.6 Å². The molecule has 1 heterocycles. The van der Waals surface area contributed by atoms with Crippen molar-refractivity contribution >= 4 is 23.5 Å². The minimum absolute atomic E-state index is 0.158. The van der Waals surface area contributed by atoms with Crippen LogP contribution < -0.4 is 10.1 Å². The molecule has 6 nitrogen and oxygen atoms in total. The molecule has 0 bridgehead atoms. The fraction of sp³-hybridized carbons (Fsp3) is 0.176. The van der Waals surface area contributed by atoms with E-state index in [4.69, 9.17) is 20.8 Å². The number of nitrogens with one attached hydrogen (secondary N) is 1. The summed E-state index contributed by atoms with van der Waals surface area (Å²) in [5.41, 5.74) is 0. The highest BCUT2D eigenvalue weighted by molar-refractivity contribution is 6.30. The zero-order chi connectivity index (χ0) is 17.4. The van der Waals surface area contributed by atoms with Gasteiger partial charge in [-0.15, -0.1) is 0 Å². The summed E-state index contributed by atoms with van der Waals surface area (Å²) in [4.78, 5) is 22.8. The summed E-state index contributed by atoms with van der Waals surface area (Å²) < 4.78 is 15.4. The quantitative estimate of drug-likeness (QED) is 0.614. The van der Waals surface area contributed by atoms with E-state index in [9.17, 15) is 9.59 Å². The molecule has 2 aromatic rings. The second-order valence-electron chi connectivity index (χ2n) is 4.65. The number of ether oxygens (including phenoxy) is 2. The van der Waals surface area contributed by atoms with Crippen LogP contribution in [0, 0.1) is 0 Å². The smallest absolute Gasteiger partial charge is 0.330 e. The maximum atomic E-state index is 11.9. The number of hydrogen-bond donors (Lipinski definition) is 1. The number of benzene rings is 1. The topological polar surface area (TPSA) is 77.8 Å². The lowest BCUT2D eigenvalue weighted by Crippen LogP contribution is -2.22. The van der Waals surface area contributed by atoms with E-state index in [1.165, 1.54) is 19.3 Å². The summed E-state index contributed by atoms with van der Waals surface area (Å²) in [5, 5.41) is 3.16. The average Bonchev–Trinajstić information content (AvgIpc) is 3.05. The summed E-state index contributed by atoms with van der Waals surface area (Å²) in [5.74, 6) is 0.399. The van der Waals surface area contributed by atoms with Gasteiger partial charge in [0.15, 0.2) is 5.76 Å². The minimum atomic E-state index is -0.484. The van der Waals surface area contributed by atoms with E-state index < -0.39 is 11.9 Å². The SMILES string of the molecule is COC(=O)/C=C/CNC(=O)c1ccc(COc2cccc(Cl)c2)o1. The van der Waals surface area contributed by atoms with Gasteiger partial charge in [-0.25, -0.2) is 4.79 Å². The van der Waals surface area contributed by atoms with Crippen molar-refractivity contribution in [3.05, 3.63) is 65.1 Å². The summed E-state index contributed by atoms with van der Waals surface area (Å²) in [7, 11) is 1.28. The van der Waals surface area contributed by atoms with Crippen molar-refractivity contribution in [2.75, 3.05) is 13.7 Å². The zero-order valence-electron chi connectivity index (χ0n) is 13.0. The number of methoxy groups -OCH3 is 1. The van der Waals surface area contributed by atoms with Gasteiger partial charge in [0.05, 0.1) is 7.11 Å². The first-order valence-electron chi connectivity index (χ1n) is 7.08. The molecule has 0 spiro atoms. The number of halogens is 1. The predicted octanol–water partition coefficient (Wildman–Crippen LogP) is 2.97. The molecule has 0 fully saturated rings. The maximum absolute atomic E-state index is 11.9. The summed E-state index contributed by atoms with van der Waals surface area (Å²) in [6, 6.07) is 10.2. The molecule has 1 aromatic carbocycles. The molecule has 24 heavy (non-hydrogen) atoms. The van der Waals surface area contributed by atoms with Crippen molar-refractivity contribution in [2.45, 2.75) is 6.61 Å². The van der Waals surface area contributed by atoms with E-state index in [-0.39, 0.29) is 18.9 Å². The Labute approximate surface area is 144 Å². The molecule has 1 aromatic heterocycles. The van der Waals surface area contributed by atoms with Gasteiger partial charge in [0.25, 0.3) is 5.91 Å². The van der Waals surface area contributed by atoms with Crippen LogP contribution in [0.4, 0.5) is 0 Å². The third-order valence-electron chi connectivity index (χ3n) is 2.90. The Morgan fingerprint density at radius 2 is 2.12 bits per heavy atom. The van der Waals surface area contributed by atoms with E-state index in [1.807, 2.05) is 0 Å². The largest absolute Gasteiger partial charge is 0.486 e. The van der Waals surface area contributed by atoms with Crippen LogP contribution in [0.5, 0.6) is 5.75 Å². The first-order chi connectivity index (χ1) is 11.6. The summed E-state index contributed by atoms with van der Waals surface area (Å²) >= 11 is 5.87. The van der Waals surface area contributed by atoms with Crippen LogP contribution in [0.25, 0.3) is 0 Å². The van der Waals surface area contributed by atoms with Gasteiger partial charge >= 0.3 is 5.97 Å². The number of amides is 1. The number of carbonyl (C=O) groups excluding carboxylic acids is 2. The van der Waals surface area contributed by atoms with Crippen molar-refractivity contribution < 1.29 is 23.5 Å². The molecule has 2 rings (SSSR count). The molecule has 0 atom stereocenters. The zero-order valence-corrected chi connectivity index (χ0v) is 13.7. The van der Waals surface area contributed by atoms with Gasteiger partial charge in [-0.3, -0.25) is 4.79 Å². The standard InChI is InChI=1S/C17H16ClNO5/c1-22-16(20)6-3-9-19-17(21)15-8-7-14(24-15)11-23-13-5-2-4-12(18)10-13/h2-8,10H,9,11H2,1H3,(H,19,21)/b6-3+. The summed E-state index contributed by atoms with van der Waals surface area (Å²) in [6.45, 7) is 0.360. The highest BCUT2D eigenvalue weighted by Gasteiger charge is 2.10. The summed E-state index contributed by atoms with van der Waals surface area (Å²) in [6.07, 6.45) is 2.71. The van der Waals surface area contributed by atoms with Gasteiger partial charge in [0, 0.05) is 17.6 Å². The normalized spacial score (nSPS) is 10.6. The van der Waals surface area contributed by atoms with Gasteiger partial charge in [-0.05, 0) is 30.3 Å². The molecular formula is C17H16ClNO5. The molecule has 1 amide bonds. The van der Waals surface area contributed by atoms with Crippen LogP contribution in [0.15, 0.2) is 53.0 Å². The van der Waals surface area contributed by atoms with E-state index >= 15 is 0 Å². The fourth-order valence-electron chi connectivity index (χ4n) is 1.75. The second kappa shape index (κ2) is 8.79. The molecule has 0 aliphatic heterocycles. The Kier molecular flexibility index (Phi) is 6.45. The molecule has 0 saturated carbocycles. The molecule has 1 N–H and O–H groups in total. The number of carbonyl (C=O) groups is 2. The highest BCUT2D eigenvalue weighted by Crippen LogP contribution is 2.19. The number of hydrogen-bond acceptors (Lipinski definition) is 5. The number of furan rings is 1. The molecule has 7 heteroatoms. The Morgan fingerprint density at radius 1 is 1.29 bits per heavy atom. The molecular weight excluding hydrogens is 334 g/mol. The number of rotatable bonds is 7. The molecule has 0 aliphatic carbocycles. The maximum Gasteiger partial charge on any atom is 0.330 e. The third-order valence-corrected chi connectivity index (χ3v) is 3.13. The van der Waals surface area contributed by atoms with Crippen LogP contribution in [-0.4, -0.2) is 25.5 Å². The van der Waals surface area contributed by atoms with E-state index in [0.717, 1.165) is 0 Å². The highest BCUT2D eigenvalue weighted by atomic mass is 35.5. The Balaban J connectivity index is 1.82. The predicted molar refractivity (Wildman–Crippen MR) is 88.0 cm³/mol. The van der Waals surface area contributed by atoms with Gasteiger partial charge in [0.2, 0.25) is 0 Å². The lowest BCUT2D eigenvalue weighted by atomic mass is 10.3. The van der Waals surface area contributed by atoms with Crippen LogP contribution in [-0.2, 0) is 16.1 Å². The molecule has 0 radical (unpaired) electrons. The van der Waals surface area contributed by atoms with Gasteiger partial charge < -0.3 is 19.2 Å². The monoisotopic (exact) mass is 349 g/mol. The lowest BCUT2D eigenvalue weighted by Gasteiger charge is -2.04. The Morgan fingerprint density at radius 3 is 2.88 bits per heavy atom. The second-order valence-corrected chi connectivity index (χ2v) is 5.08. The van der Waals surface area contributed by atoms with E-state index in [2.05, 4.69) is 10.1 Å². The van der Waals surface area contributed by atoms with E-state index in [1.54, 1.807) is 36.4 Å². The van der Waals surface area contributed by atoms with Crippen molar-refractivity contribution in [3.8, 4) is 5.75 Å². The van der Waals surface area contributed by atoms with Crippen molar-refractivity contribution in [1.29, 1.82) is 0 Å². The fourth-order valence-corrected chi connectivity index (χ4v) is 1.93. The van der Waals surface area contributed by atoms with Crippen molar-refractivity contribution in [2.24, 2.45) is 0 Å².